The van der Waals surface area contributed by atoms with Crippen LogP contribution in [-0.4, -0.2) is 61.8 Å². The molecular weight excluding hydrogens is 386 g/mol. The number of carbonyl (C=O) groups is 2. The van der Waals surface area contributed by atoms with Gasteiger partial charge in [0.15, 0.2) is 5.69 Å². The Bertz CT molecular complexity index is 1070. The van der Waals surface area contributed by atoms with Gasteiger partial charge in [0.25, 0.3) is 5.91 Å². The maximum atomic E-state index is 13.0. The average molecular weight is 407 g/mol. The third-order valence-electron chi connectivity index (χ3n) is 5.02. The van der Waals surface area contributed by atoms with Crippen LogP contribution in [0.3, 0.4) is 0 Å². The number of aromatic nitrogens is 4. The van der Waals surface area contributed by atoms with E-state index in [0.717, 1.165) is 19.3 Å². The fraction of sp³-hybridized carbons (Fsp3) is 0.286. The van der Waals surface area contributed by atoms with Gasteiger partial charge in [0.2, 0.25) is 5.88 Å². The molecule has 4 heterocycles. The third kappa shape index (κ3) is 3.86. The lowest BCUT2D eigenvalue weighted by Crippen LogP contribution is -2.35. The molecule has 0 saturated carbocycles. The smallest absolute Gasteiger partial charge is 0.335 e. The zero-order valence-corrected chi connectivity index (χ0v) is 16.5. The van der Waals surface area contributed by atoms with Crippen molar-refractivity contribution in [3.63, 3.8) is 0 Å². The van der Waals surface area contributed by atoms with E-state index in [4.69, 9.17) is 4.74 Å². The number of hydrogen-bond acceptors (Lipinski definition) is 6. The molecule has 3 aromatic rings. The van der Waals surface area contributed by atoms with Crippen LogP contribution in [0.5, 0.6) is 5.88 Å². The molecule has 0 aliphatic carbocycles. The zero-order valence-electron chi connectivity index (χ0n) is 16.5. The van der Waals surface area contributed by atoms with Crippen molar-refractivity contribution in [1.29, 1.82) is 0 Å². The number of aromatic carboxylic acids is 1. The first-order valence-corrected chi connectivity index (χ1v) is 9.66. The Labute approximate surface area is 172 Å². The minimum Gasteiger partial charge on any atom is -0.481 e. The lowest BCUT2D eigenvalue weighted by Gasteiger charge is -2.25. The second-order valence-corrected chi connectivity index (χ2v) is 6.97. The number of carbonyl (C=O) groups excluding carboxylic acids is 1. The van der Waals surface area contributed by atoms with Crippen molar-refractivity contribution in [2.45, 2.75) is 19.3 Å². The lowest BCUT2D eigenvalue weighted by molar-refractivity contribution is 0.0693. The first-order chi connectivity index (χ1) is 14.6. The summed E-state index contributed by atoms with van der Waals surface area (Å²) in [5, 5.41) is 13.8. The second-order valence-electron chi connectivity index (χ2n) is 6.97. The van der Waals surface area contributed by atoms with E-state index in [1.807, 2.05) is 0 Å². The molecule has 0 unspecified atom stereocenters. The zero-order chi connectivity index (χ0) is 21.1. The first-order valence-electron chi connectivity index (χ1n) is 9.66. The molecule has 1 aliphatic heterocycles. The largest absolute Gasteiger partial charge is 0.481 e. The lowest BCUT2D eigenvalue weighted by atomic mass is 10.1. The highest BCUT2D eigenvalue weighted by atomic mass is 16.5. The number of pyridine rings is 2. The molecule has 1 saturated heterocycles. The molecule has 0 bridgehead atoms. The van der Waals surface area contributed by atoms with Crippen molar-refractivity contribution < 1.29 is 19.4 Å². The molecule has 3 aromatic heterocycles. The Hall–Kier alpha value is -3.75. The number of carboxylic acid groups (broad SMARTS) is 1. The molecule has 4 rings (SSSR count). The number of amides is 1. The van der Waals surface area contributed by atoms with E-state index in [2.05, 4.69) is 15.1 Å². The minimum absolute atomic E-state index is 0.101. The maximum Gasteiger partial charge on any atom is 0.335 e. The normalized spacial score (nSPS) is 13.8. The molecule has 1 N–H and O–H groups in total. The van der Waals surface area contributed by atoms with Gasteiger partial charge in [-0.15, -0.1) is 0 Å². The molecular formula is C21H21N5O4. The van der Waals surface area contributed by atoms with Gasteiger partial charge in [0.05, 0.1) is 35.9 Å². The molecule has 9 heteroatoms. The van der Waals surface area contributed by atoms with Crippen LogP contribution in [0.1, 0.15) is 40.1 Å². The number of hydrogen-bond donors (Lipinski definition) is 1. The number of piperidine rings is 1. The van der Waals surface area contributed by atoms with E-state index in [9.17, 15) is 14.7 Å². The van der Waals surface area contributed by atoms with Crippen LogP contribution in [0.4, 0.5) is 0 Å². The van der Waals surface area contributed by atoms with Crippen LogP contribution in [0, 0.1) is 0 Å². The second kappa shape index (κ2) is 8.32. The summed E-state index contributed by atoms with van der Waals surface area (Å²) in [6.07, 6.45) is 6.07. The molecule has 1 aliphatic rings. The Kier molecular flexibility index (Phi) is 5.42. The summed E-state index contributed by atoms with van der Waals surface area (Å²) < 4.78 is 6.66. The number of nitrogens with zero attached hydrogens (tertiary/aromatic N) is 5. The van der Waals surface area contributed by atoms with E-state index in [1.54, 1.807) is 34.0 Å². The molecule has 30 heavy (non-hydrogen) atoms. The van der Waals surface area contributed by atoms with Crippen molar-refractivity contribution >= 4 is 11.9 Å². The van der Waals surface area contributed by atoms with Gasteiger partial charge in [0.1, 0.15) is 0 Å². The van der Waals surface area contributed by atoms with Crippen molar-refractivity contribution in [3.05, 3.63) is 54.0 Å². The third-order valence-corrected chi connectivity index (χ3v) is 5.02. The monoisotopic (exact) mass is 407 g/mol. The summed E-state index contributed by atoms with van der Waals surface area (Å²) in [5.74, 6) is -0.755. The Morgan fingerprint density at radius 2 is 1.87 bits per heavy atom. The van der Waals surface area contributed by atoms with Crippen LogP contribution in [0.15, 0.2) is 42.7 Å². The van der Waals surface area contributed by atoms with Gasteiger partial charge in [-0.3, -0.25) is 9.78 Å². The van der Waals surface area contributed by atoms with Gasteiger partial charge in [0, 0.05) is 25.4 Å². The number of ether oxygens (including phenoxy) is 1. The maximum absolute atomic E-state index is 13.0. The van der Waals surface area contributed by atoms with E-state index in [-0.39, 0.29) is 17.2 Å². The number of carboxylic acids is 1. The molecule has 0 atom stereocenters. The molecule has 1 fully saturated rings. The van der Waals surface area contributed by atoms with Crippen molar-refractivity contribution in [3.8, 4) is 23.0 Å². The van der Waals surface area contributed by atoms with Crippen LogP contribution in [0.25, 0.3) is 17.1 Å². The average Bonchev–Trinajstić information content (AvgIpc) is 3.25. The summed E-state index contributed by atoms with van der Waals surface area (Å²) in [5.41, 5.74) is 1.89. The highest BCUT2D eigenvalue weighted by molar-refractivity contribution is 5.94. The molecule has 0 radical (unpaired) electrons. The van der Waals surface area contributed by atoms with Gasteiger partial charge in [-0.1, -0.05) is 0 Å². The number of rotatable bonds is 5. The summed E-state index contributed by atoms with van der Waals surface area (Å²) in [6, 6.07) is 7.98. The van der Waals surface area contributed by atoms with E-state index >= 15 is 0 Å². The Morgan fingerprint density at radius 3 is 2.53 bits per heavy atom. The van der Waals surface area contributed by atoms with Crippen LogP contribution in [-0.2, 0) is 0 Å². The Balaban J connectivity index is 1.79. The van der Waals surface area contributed by atoms with Gasteiger partial charge in [-0.05, 0) is 43.5 Å². The predicted molar refractivity (Wildman–Crippen MR) is 108 cm³/mol. The van der Waals surface area contributed by atoms with E-state index in [1.165, 1.54) is 25.4 Å². The summed E-state index contributed by atoms with van der Waals surface area (Å²) in [4.78, 5) is 34.7. The molecule has 9 nitrogen and oxygen atoms in total. The predicted octanol–water partition coefficient (Wildman–Crippen LogP) is 2.66. The van der Waals surface area contributed by atoms with Crippen LogP contribution in [0.2, 0.25) is 0 Å². The van der Waals surface area contributed by atoms with Crippen LogP contribution >= 0.6 is 0 Å². The van der Waals surface area contributed by atoms with Crippen molar-refractivity contribution in [1.82, 2.24) is 24.6 Å². The molecule has 1 amide bonds. The first kappa shape index (κ1) is 19.6. The fourth-order valence-corrected chi connectivity index (χ4v) is 3.45. The summed E-state index contributed by atoms with van der Waals surface area (Å²) in [7, 11) is 1.53. The highest BCUT2D eigenvalue weighted by Crippen LogP contribution is 2.25. The summed E-state index contributed by atoms with van der Waals surface area (Å²) >= 11 is 0. The van der Waals surface area contributed by atoms with Gasteiger partial charge >= 0.3 is 5.97 Å². The SMILES string of the molecule is COc1ccc(-n2nc(C(=O)N3CCCCC3)cc2-c2cc(C(=O)O)ccn2)cn1. The standard InChI is InChI=1S/C21H21N5O4/c1-30-19-6-5-15(13-23-19)26-18(16-11-14(21(28)29)7-8-22-16)12-17(24-26)20(27)25-9-3-2-4-10-25/h5-8,11-13H,2-4,9-10H2,1H3,(H,28,29). The van der Waals surface area contributed by atoms with Gasteiger partial charge in [-0.25, -0.2) is 14.5 Å². The number of likely N-dealkylation sites (tertiary alicyclic amines) is 1. The molecule has 0 aromatic carbocycles. The van der Waals surface area contributed by atoms with Crippen molar-refractivity contribution in [2.24, 2.45) is 0 Å². The van der Waals surface area contributed by atoms with Gasteiger partial charge < -0.3 is 14.7 Å². The topological polar surface area (TPSA) is 110 Å². The summed E-state index contributed by atoms with van der Waals surface area (Å²) in [6.45, 7) is 1.41. The number of methoxy groups -OCH3 is 1. The fourth-order valence-electron chi connectivity index (χ4n) is 3.45. The molecule has 154 valence electrons. The van der Waals surface area contributed by atoms with Crippen LogP contribution < -0.4 is 4.74 Å². The minimum atomic E-state index is -1.06. The van der Waals surface area contributed by atoms with Crippen molar-refractivity contribution in [2.75, 3.05) is 20.2 Å². The highest BCUT2D eigenvalue weighted by Gasteiger charge is 2.24. The van der Waals surface area contributed by atoms with Gasteiger partial charge in [-0.2, -0.15) is 5.10 Å². The van der Waals surface area contributed by atoms with E-state index < -0.39 is 5.97 Å². The quantitative estimate of drug-likeness (QED) is 0.692. The van der Waals surface area contributed by atoms with E-state index in [0.29, 0.717) is 36.0 Å². The Morgan fingerprint density at radius 1 is 1.07 bits per heavy atom. The molecule has 0 spiro atoms.